The highest BCUT2D eigenvalue weighted by atomic mass is 35.5. The van der Waals surface area contributed by atoms with Crippen LogP contribution >= 0.6 is 46.4 Å². The molecule has 0 unspecified atom stereocenters. The Bertz CT molecular complexity index is 2740. The summed E-state index contributed by atoms with van der Waals surface area (Å²) < 4.78 is 7.62. The van der Waals surface area contributed by atoms with Crippen LogP contribution in [0.15, 0.2) is 146 Å². The number of hydrogen-bond donors (Lipinski definition) is 2. The second-order valence-corrected chi connectivity index (χ2v) is 15.3. The van der Waals surface area contributed by atoms with E-state index in [0.29, 0.717) is 26.7 Å². The van der Waals surface area contributed by atoms with Gasteiger partial charge in [-0.1, -0.05) is 131 Å². The molecule has 10 heteroatoms. The van der Waals surface area contributed by atoms with E-state index in [2.05, 4.69) is 63.9 Å². The molecule has 8 rings (SSSR count). The number of halogens is 4. The number of phenolic OH excluding ortho intramolecular Hbond substituents is 1. The number of nitrogens with one attached hydrogen (secondary N) is 1. The summed E-state index contributed by atoms with van der Waals surface area (Å²) in [4.78, 5) is 12.4. The summed E-state index contributed by atoms with van der Waals surface area (Å²) in [5.41, 5.74) is 10.0. The van der Waals surface area contributed by atoms with Crippen LogP contribution in [0.1, 0.15) is 36.6 Å². The molecule has 0 aliphatic heterocycles. The van der Waals surface area contributed by atoms with Crippen molar-refractivity contribution in [3.63, 3.8) is 0 Å². The number of H-pyrrole nitrogens is 1. The van der Waals surface area contributed by atoms with Crippen LogP contribution in [0.4, 0.5) is 0 Å². The molecule has 2 N–H and O–H groups in total. The number of aryl methyl sites for hydroxylation is 1. The number of aromatic nitrogens is 4. The van der Waals surface area contributed by atoms with Gasteiger partial charge in [0.1, 0.15) is 23.1 Å². The largest absolute Gasteiger partial charge is 0.508 e. The number of hydrogen-bond acceptors (Lipinski definition) is 4. The lowest BCUT2D eigenvalue weighted by Gasteiger charge is -2.05. The number of nitrogens with zero attached hydrogens (tertiary/aromatic N) is 3. The Morgan fingerprint density at radius 2 is 1.13 bits per heavy atom. The summed E-state index contributed by atoms with van der Waals surface area (Å²) in [6, 6.07) is 42.8. The molecule has 0 bridgehead atoms. The fourth-order valence-electron chi connectivity index (χ4n) is 6.39. The SMILES string of the molecule is CCOc1ccc(-c2ccc(C=Cc3nc(-c4ccc(Cl)cc4Cl)cn3CC)cc2)cc1.Oc1ccc(-c2ccc(C=Cc3ncc(-c4ccc(Cl)cc4Cl)[nH]3)cc2)cc1. The first kappa shape index (κ1) is 42.1. The van der Waals surface area contributed by atoms with E-state index in [1.165, 1.54) is 5.56 Å². The van der Waals surface area contributed by atoms with Crippen molar-refractivity contribution < 1.29 is 9.84 Å². The highest BCUT2D eigenvalue weighted by Gasteiger charge is 2.11. The minimum atomic E-state index is 0.265. The second kappa shape index (κ2) is 19.8. The van der Waals surface area contributed by atoms with Crippen molar-refractivity contribution in [3.8, 4) is 56.3 Å². The number of aromatic hydroxyl groups is 1. The normalized spacial score (nSPS) is 11.2. The summed E-state index contributed by atoms with van der Waals surface area (Å²) in [5, 5.41) is 11.8. The molecule has 0 aliphatic rings. The van der Waals surface area contributed by atoms with Crippen LogP contribution in [0, 0.1) is 0 Å². The molecule has 300 valence electrons. The van der Waals surface area contributed by atoms with Crippen LogP contribution < -0.4 is 4.74 Å². The van der Waals surface area contributed by atoms with Crippen molar-refractivity contribution in [2.24, 2.45) is 0 Å². The molecule has 0 saturated carbocycles. The number of benzene rings is 6. The molecule has 6 aromatic carbocycles. The van der Waals surface area contributed by atoms with Crippen molar-refractivity contribution in [2.45, 2.75) is 20.4 Å². The van der Waals surface area contributed by atoms with E-state index in [-0.39, 0.29) is 5.75 Å². The average molecular weight is 871 g/mol. The third kappa shape index (κ3) is 10.8. The molecule has 60 heavy (non-hydrogen) atoms. The number of aromatic amines is 1. The lowest BCUT2D eigenvalue weighted by molar-refractivity contribution is 0.340. The van der Waals surface area contributed by atoms with E-state index in [0.717, 1.165) is 74.3 Å². The molecular weight excluding hydrogens is 830 g/mol. The molecule has 0 aliphatic carbocycles. The van der Waals surface area contributed by atoms with Crippen LogP contribution in [-0.2, 0) is 6.54 Å². The molecule has 0 amide bonds. The quantitative estimate of drug-likeness (QED) is 0.136. The maximum Gasteiger partial charge on any atom is 0.133 e. The standard InChI is InChI=1S/C27H24Cl2N2O.C23H16Cl2N2O/c1-3-31-18-26(24-15-12-22(28)17-25(24)29)30-27(31)16-7-19-5-8-20(9-6-19)21-10-13-23(14-11-21)32-4-2;24-18-8-11-20(21(25)13-18)22-14-26-23(27-22)12-3-15-1-4-16(5-2-15)17-6-9-19(28)10-7-17/h5-18H,3-4H2,1-2H3;1-14,28H,(H,26,27). The first-order chi connectivity index (χ1) is 29.1. The van der Waals surface area contributed by atoms with Crippen molar-refractivity contribution >= 4 is 70.7 Å². The zero-order chi connectivity index (χ0) is 42.0. The Labute approximate surface area is 370 Å². The molecular formula is C50H40Cl4N4O2. The van der Waals surface area contributed by atoms with Gasteiger partial charge in [-0.2, -0.15) is 0 Å². The van der Waals surface area contributed by atoms with Crippen molar-refractivity contribution in [3.05, 3.63) is 189 Å². The van der Waals surface area contributed by atoms with Gasteiger partial charge in [0.2, 0.25) is 0 Å². The fraction of sp³-hybridized carbons (Fsp3) is 0.0800. The first-order valence-corrected chi connectivity index (χ1v) is 20.8. The van der Waals surface area contributed by atoms with Crippen molar-refractivity contribution in [2.75, 3.05) is 6.61 Å². The Balaban J connectivity index is 0.000000183. The van der Waals surface area contributed by atoms with Gasteiger partial charge in [-0.25, -0.2) is 9.97 Å². The molecule has 2 heterocycles. The molecule has 0 spiro atoms. The van der Waals surface area contributed by atoms with Gasteiger partial charge in [-0.15, -0.1) is 0 Å². The van der Waals surface area contributed by atoms with E-state index < -0.39 is 0 Å². The monoisotopic (exact) mass is 868 g/mol. The highest BCUT2D eigenvalue weighted by Crippen LogP contribution is 2.32. The minimum Gasteiger partial charge on any atom is -0.508 e. The summed E-state index contributed by atoms with van der Waals surface area (Å²) in [6.07, 6.45) is 11.8. The van der Waals surface area contributed by atoms with Crippen molar-refractivity contribution in [1.29, 1.82) is 0 Å². The maximum absolute atomic E-state index is 9.40. The van der Waals surface area contributed by atoms with Gasteiger partial charge in [-0.3, -0.25) is 0 Å². The zero-order valence-electron chi connectivity index (χ0n) is 32.8. The first-order valence-electron chi connectivity index (χ1n) is 19.3. The van der Waals surface area contributed by atoms with E-state index in [9.17, 15) is 5.11 Å². The molecule has 2 aromatic heterocycles. The summed E-state index contributed by atoms with van der Waals surface area (Å²) in [5.74, 6) is 2.77. The Hall–Kier alpha value is -6.02. The van der Waals surface area contributed by atoms with E-state index in [1.807, 2.05) is 98.1 Å². The third-order valence-corrected chi connectivity index (χ3v) is 10.6. The Morgan fingerprint density at radius 3 is 1.67 bits per heavy atom. The molecule has 0 atom stereocenters. The predicted molar refractivity (Wildman–Crippen MR) is 252 cm³/mol. The highest BCUT2D eigenvalue weighted by molar-refractivity contribution is 6.37. The lowest BCUT2D eigenvalue weighted by atomic mass is 10.0. The van der Waals surface area contributed by atoms with Gasteiger partial charge in [0, 0.05) is 33.9 Å². The van der Waals surface area contributed by atoms with Gasteiger partial charge >= 0.3 is 0 Å². The van der Waals surface area contributed by atoms with Gasteiger partial charge in [0.25, 0.3) is 0 Å². The Kier molecular flexibility index (Phi) is 13.9. The van der Waals surface area contributed by atoms with Gasteiger partial charge in [0.05, 0.1) is 34.2 Å². The van der Waals surface area contributed by atoms with Crippen LogP contribution in [0.2, 0.25) is 20.1 Å². The van der Waals surface area contributed by atoms with E-state index in [4.69, 9.17) is 56.1 Å². The number of phenols is 1. The Morgan fingerprint density at radius 1 is 0.617 bits per heavy atom. The topological polar surface area (TPSA) is 76.0 Å². The number of ether oxygens (including phenoxy) is 1. The molecule has 0 radical (unpaired) electrons. The van der Waals surface area contributed by atoms with E-state index >= 15 is 0 Å². The molecule has 8 aromatic rings. The van der Waals surface area contributed by atoms with Crippen LogP contribution in [0.25, 0.3) is 69.1 Å². The fourth-order valence-corrected chi connectivity index (χ4v) is 7.41. The second-order valence-electron chi connectivity index (χ2n) is 13.6. The summed E-state index contributed by atoms with van der Waals surface area (Å²) in [6.45, 7) is 5.57. The van der Waals surface area contributed by atoms with Crippen molar-refractivity contribution in [1.82, 2.24) is 19.5 Å². The zero-order valence-corrected chi connectivity index (χ0v) is 35.8. The van der Waals surface area contributed by atoms with Gasteiger partial charge in [0.15, 0.2) is 0 Å². The third-order valence-electron chi connectivity index (χ3n) is 9.55. The predicted octanol–water partition coefficient (Wildman–Crippen LogP) is 15.0. The van der Waals surface area contributed by atoms with Gasteiger partial charge in [-0.05, 0) is 120 Å². The maximum atomic E-state index is 9.40. The number of imidazole rings is 2. The number of rotatable bonds is 11. The van der Waals surface area contributed by atoms with Gasteiger partial charge < -0.3 is 19.4 Å². The minimum absolute atomic E-state index is 0.265. The average Bonchev–Trinajstić information content (AvgIpc) is 3.91. The molecule has 0 fully saturated rings. The van der Waals surface area contributed by atoms with E-state index in [1.54, 1.807) is 36.5 Å². The smallest absolute Gasteiger partial charge is 0.133 e. The molecule has 0 saturated heterocycles. The lowest BCUT2D eigenvalue weighted by Crippen LogP contribution is -1.94. The van der Waals surface area contributed by atoms with Crippen LogP contribution in [-0.4, -0.2) is 31.2 Å². The summed E-state index contributed by atoms with van der Waals surface area (Å²) >= 11 is 24.6. The molecule has 6 nitrogen and oxygen atoms in total. The van der Waals surface area contributed by atoms with Crippen LogP contribution in [0.3, 0.4) is 0 Å². The summed E-state index contributed by atoms with van der Waals surface area (Å²) in [7, 11) is 0. The van der Waals surface area contributed by atoms with Crippen LogP contribution in [0.5, 0.6) is 11.5 Å².